The maximum atomic E-state index is 11.3. The lowest BCUT2D eigenvalue weighted by molar-refractivity contribution is 0.402. The van der Waals surface area contributed by atoms with E-state index in [0.717, 1.165) is 5.56 Å². The predicted molar refractivity (Wildman–Crippen MR) is 61.5 cm³/mol. The van der Waals surface area contributed by atoms with Crippen LogP contribution in [0.4, 0.5) is 0 Å². The fourth-order valence-electron chi connectivity index (χ4n) is 1.36. The van der Waals surface area contributed by atoms with E-state index in [-0.39, 0.29) is 10.6 Å². The molecule has 0 radical (unpaired) electrons. The third kappa shape index (κ3) is 3.04. The Morgan fingerprint density at radius 3 is 2.56 bits per heavy atom. The fourth-order valence-corrected chi connectivity index (χ4v) is 2.11. The number of nitrogens with two attached hydrogens (primary N) is 1. The maximum Gasteiger partial charge on any atom is 0.241 e. The quantitative estimate of drug-likeness (QED) is 0.769. The van der Waals surface area contributed by atoms with E-state index in [1.54, 1.807) is 13.0 Å². The summed E-state index contributed by atoms with van der Waals surface area (Å²) in [6, 6.07) is 4.69. The highest BCUT2D eigenvalue weighted by atomic mass is 32.2. The number of primary sulfonamides is 1. The molecule has 5 nitrogen and oxygen atoms in total. The first-order valence-electron chi connectivity index (χ1n) is 4.58. The lowest BCUT2D eigenvalue weighted by atomic mass is 10.1. The van der Waals surface area contributed by atoms with Crippen molar-refractivity contribution < 1.29 is 13.2 Å². The molecular weight excluding hydrogens is 228 g/mol. The third-order valence-electron chi connectivity index (χ3n) is 2.00. The number of benzene rings is 1. The third-order valence-corrected chi connectivity index (χ3v) is 2.94. The van der Waals surface area contributed by atoms with Crippen LogP contribution >= 0.6 is 0 Å². The number of rotatable bonds is 4. The highest BCUT2D eigenvalue weighted by Crippen LogP contribution is 2.23. The van der Waals surface area contributed by atoms with Gasteiger partial charge in [0.25, 0.3) is 0 Å². The lowest BCUT2D eigenvalue weighted by Crippen LogP contribution is -2.14. The van der Waals surface area contributed by atoms with Gasteiger partial charge in [0.2, 0.25) is 10.0 Å². The summed E-state index contributed by atoms with van der Waals surface area (Å²) in [5.74, 6) is 0.217. The minimum Gasteiger partial charge on any atom is -0.495 e. The van der Waals surface area contributed by atoms with Crippen molar-refractivity contribution in [2.24, 2.45) is 5.14 Å². The van der Waals surface area contributed by atoms with Crippen LogP contribution in [-0.2, 0) is 16.4 Å². The Hall–Kier alpha value is -1.40. The van der Waals surface area contributed by atoms with E-state index in [2.05, 4.69) is 0 Å². The summed E-state index contributed by atoms with van der Waals surface area (Å²) in [5.41, 5.74) is 1.17. The van der Waals surface area contributed by atoms with Gasteiger partial charge in [-0.2, -0.15) is 0 Å². The Kier molecular flexibility index (Phi) is 3.66. The fraction of sp³-hybridized carbons (Fsp3) is 0.300. The molecule has 0 atom stereocenters. The molecule has 1 rings (SSSR count). The molecule has 0 fully saturated rings. The van der Waals surface area contributed by atoms with Gasteiger partial charge in [0.1, 0.15) is 10.6 Å². The average Bonchev–Trinajstić information content (AvgIpc) is 2.15. The number of sulfonamides is 1. The van der Waals surface area contributed by atoms with Crippen molar-refractivity contribution in [2.75, 3.05) is 7.11 Å². The molecule has 0 spiro atoms. The van der Waals surface area contributed by atoms with Gasteiger partial charge in [-0.1, -0.05) is 6.07 Å². The van der Waals surface area contributed by atoms with Gasteiger partial charge in [-0.3, -0.25) is 0 Å². The Bertz CT molecular complexity index is 509. The van der Waals surface area contributed by atoms with Crippen molar-refractivity contribution in [1.82, 2.24) is 0 Å². The number of nitrogens with one attached hydrogen (secondary N) is 1. The Morgan fingerprint density at radius 1 is 1.50 bits per heavy atom. The molecule has 0 aliphatic heterocycles. The van der Waals surface area contributed by atoms with Crippen LogP contribution in [0.2, 0.25) is 0 Å². The zero-order valence-corrected chi connectivity index (χ0v) is 9.97. The first-order chi connectivity index (χ1) is 7.34. The molecule has 16 heavy (non-hydrogen) atoms. The molecule has 0 aliphatic rings. The van der Waals surface area contributed by atoms with Gasteiger partial charge >= 0.3 is 0 Å². The topological polar surface area (TPSA) is 93.2 Å². The van der Waals surface area contributed by atoms with Gasteiger partial charge in [-0.15, -0.1) is 0 Å². The van der Waals surface area contributed by atoms with Gasteiger partial charge in [-0.25, -0.2) is 13.6 Å². The predicted octanol–water partition coefficient (Wildman–Crippen LogP) is 0.925. The molecule has 88 valence electrons. The summed E-state index contributed by atoms with van der Waals surface area (Å²) >= 11 is 0. The van der Waals surface area contributed by atoms with E-state index in [9.17, 15) is 8.42 Å². The molecule has 3 N–H and O–H groups in total. The summed E-state index contributed by atoms with van der Waals surface area (Å²) < 4.78 is 27.5. The molecule has 1 aromatic carbocycles. The molecule has 0 aromatic heterocycles. The van der Waals surface area contributed by atoms with Gasteiger partial charge < -0.3 is 10.1 Å². The summed E-state index contributed by atoms with van der Waals surface area (Å²) in [4.78, 5) is -0.0475. The molecule has 0 bridgehead atoms. The number of hydrogen-bond donors (Lipinski definition) is 2. The van der Waals surface area contributed by atoms with Crippen molar-refractivity contribution in [3.05, 3.63) is 23.8 Å². The Balaban J connectivity index is 3.27. The smallest absolute Gasteiger partial charge is 0.241 e. The van der Waals surface area contributed by atoms with Crippen LogP contribution in [0.5, 0.6) is 5.75 Å². The average molecular weight is 242 g/mol. The second-order valence-corrected chi connectivity index (χ2v) is 5.02. The molecule has 0 saturated carbocycles. The van der Waals surface area contributed by atoms with E-state index in [0.29, 0.717) is 12.1 Å². The van der Waals surface area contributed by atoms with Crippen LogP contribution < -0.4 is 9.88 Å². The minimum atomic E-state index is -3.80. The van der Waals surface area contributed by atoms with Crippen molar-refractivity contribution in [3.63, 3.8) is 0 Å². The van der Waals surface area contributed by atoms with Gasteiger partial charge in [0.05, 0.1) is 7.11 Å². The number of hydrogen-bond acceptors (Lipinski definition) is 4. The number of methoxy groups -OCH3 is 1. The molecule has 0 aliphatic carbocycles. The van der Waals surface area contributed by atoms with E-state index >= 15 is 0 Å². The van der Waals surface area contributed by atoms with Crippen molar-refractivity contribution >= 4 is 15.7 Å². The van der Waals surface area contributed by atoms with Gasteiger partial charge in [0.15, 0.2) is 0 Å². The van der Waals surface area contributed by atoms with Crippen LogP contribution in [0.1, 0.15) is 12.5 Å². The van der Waals surface area contributed by atoms with E-state index < -0.39 is 10.0 Å². The normalized spacial score (nSPS) is 11.2. The summed E-state index contributed by atoms with van der Waals surface area (Å²) in [7, 11) is -2.42. The van der Waals surface area contributed by atoms with Crippen LogP contribution in [0, 0.1) is 5.41 Å². The van der Waals surface area contributed by atoms with E-state index in [1.165, 1.54) is 19.2 Å². The van der Waals surface area contributed by atoms with Crippen molar-refractivity contribution in [1.29, 1.82) is 5.41 Å². The molecule has 6 heteroatoms. The molecule has 1 aromatic rings. The summed E-state index contributed by atoms with van der Waals surface area (Å²) in [6.07, 6.45) is 0.395. The first kappa shape index (κ1) is 12.7. The maximum absolute atomic E-state index is 11.3. The van der Waals surface area contributed by atoms with Crippen molar-refractivity contribution in [2.45, 2.75) is 18.2 Å². The Labute approximate surface area is 94.8 Å². The van der Waals surface area contributed by atoms with E-state index in [1.807, 2.05) is 0 Å². The summed E-state index contributed by atoms with van der Waals surface area (Å²) in [5, 5.41) is 12.4. The second-order valence-electron chi connectivity index (χ2n) is 3.49. The van der Waals surface area contributed by atoms with Crippen LogP contribution in [0.15, 0.2) is 23.1 Å². The first-order valence-corrected chi connectivity index (χ1v) is 6.13. The minimum absolute atomic E-state index is 0.0475. The zero-order valence-electron chi connectivity index (χ0n) is 9.15. The standard InChI is InChI=1S/C10H14N2O3S/c1-7(11)5-8-3-4-9(15-2)10(6-8)16(12,13)14/h3-4,6,11H,5H2,1-2H3,(H2,12,13,14). The SMILES string of the molecule is COc1ccc(CC(C)=N)cc1S(N)(=O)=O. The number of ether oxygens (including phenoxy) is 1. The zero-order chi connectivity index (χ0) is 12.3. The Morgan fingerprint density at radius 2 is 2.12 bits per heavy atom. The van der Waals surface area contributed by atoms with Crippen LogP contribution in [0.25, 0.3) is 0 Å². The molecule has 0 amide bonds. The van der Waals surface area contributed by atoms with Crippen LogP contribution in [0.3, 0.4) is 0 Å². The van der Waals surface area contributed by atoms with E-state index in [4.69, 9.17) is 15.3 Å². The van der Waals surface area contributed by atoms with Gasteiger partial charge in [0, 0.05) is 12.1 Å². The largest absolute Gasteiger partial charge is 0.495 e. The van der Waals surface area contributed by atoms with Gasteiger partial charge in [-0.05, 0) is 24.6 Å². The van der Waals surface area contributed by atoms with Crippen LogP contribution in [-0.4, -0.2) is 21.2 Å². The highest BCUT2D eigenvalue weighted by molar-refractivity contribution is 7.89. The van der Waals surface area contributed by atoms with Crippen molar-refractivity contribution in [3.8, 4) is 5.75 Å². The summed E-state index contributed by atoms with van der Waals surface area (Å²) in [6.45, 7) is 1.65. The lowest BCUT2D eigenvalue weighted by Gasteiger charge is -2.08. The monoisotopic (exact) mass is 242 g/mol. The highest BCUT2D eigenvalue weighted by Gasteiger charge is 2.15. The molecular formula is C10H14N2O3S. The second kappa shape index (κ2) is 4.63. The molecule has 0 unspecified atom stereocenters. The molecule has 0 heterocycles. The molecule has 0 saturated heterocycles.